The molecule has 2 rings (SSSR count). The molecule has 0 amide bonds. The van der Waals surface area contributed by atoms with E-state index < -0.39 is 5.92 Å². The minimum atomic E-state index is -3.15. The third kappa shape index (κ3) is 2.77. The van der Waals surface area contributed by atoms with E-state index in [1.807, 2.05) is 0 Å². The fraction of sp³-hybridized carbons (Fsp3) is 0.200. The molecule has 0 radical (unpaired) electrons. The van der Waals surface area contributed by atoms with Crippen molar-refractivity contribution in [1.29, 1.82) is 0 Å². The fourth-order valence-corrected chi connectivity index (χ4v) is 2.34. The lowest BCUT2D eigenvalue weighted by Crippen LogP contribution is -2.16. The van der Waals surface area contributed by atoms with Crippen LogP contribution in [0.2, 0.25) is 0 Å². The molecule has 2 aromatic rings. The predicted octanol–water partition coefficient (Wildman–Crippen LogP) is 4.61. The van der Waals surface area contributed by atoms with E-state index in [0.717, 1.165) is 0 Å². The zero-order valence-electron chi connectivity index (χ0n) is 11.0. The topological polar surface area (TPSA) is 18.5 Å². The Labute approximate surface area is 124 Å². The second-order valence-corrected chi connectivity index (χ2v) is 5.01. The summed E-state index contributed by atoms with van der Waals surface area (Å²) >= 11 is 3.16. The van der Waals surface area contributed by atoms with Crippen molar-refractivity contribution in [1.82, 2.24) is 0 Å². The normalized spacial score (nSPS) is 11.2. The number of hydrogen-bond donors (Lipinski definition) is 0. The van der Waals surface area contributed by atoms with E-state index >= 15 is 0 Å². The summed E-state index contributed by atoms with van der Waals surface area (Å²) in [6, 6.07) is 10.3. The molecule has 0 saturated heterocycles. The molecule has 2 nitrogen and oxygen atoms in total. The zero-order chi connectivity index (χ0) is 14.8. The standard InChI is InChI=1S/C15H13BrF2O2/c1-19-11-5-3-4-10(8-11)15(17,18)13-9-12(20-2)6-7-14(13)16/h3-9H,1-2H3. The number of hydrogen-bond acceptors (Lipinski definition) is 2. The van der Waals surface area contributed by atoms with E-state index in [1.165, 1.54) is 38.5 Å². The summed E-state index contributed by atoms with van der Waals surface area (Å²) in [5.74, 6) is -2.38. The lowest BCUT2D eigenvalue weighted by Gasteiger charge is -2.20. The summed E-state index contributed by atoms with van der Waals surface area (Å²) in [4.78, 5) is 0. The van der Waals surface area contributed by atoms with E-state index in [1.54, 1.807) is 18.2 Å². The molecule has 0 fully saturated rings. The van der Waals surface area contributed by atoms with Crippen molar-refractivity contribution < 1.29 is 18.3 Å². The van der Waals surface area contributed by atoms with Gasteiger partial charge in [-0.3, -0.25) is 0 Å². The van der Waals surface area contributed by atoms with Crippen LogP contribution < -0.4 is 9.47 Å². The van der Waals surface area contributed by atoms with E-state index in [2.05, 4.69) is 15.9 Å². The number of methoxy groups -OCH3 is 2. The van der Waals surface area contributed by atoms with Crippen LogP contribution >= 0.6 is 15.9 Å². The molecule has 0 heterocycles. The molecule has 0 N–H and O–H groups in total. The Hall–Kier alpha value is -1.62. The number of halogens is 3. The van der Waals surface area contributed by atoms with Gasteiger partial charge in [0.25, 0.3) is 5.92 Å². The lowest BCUT2D eigenvalue weighted by molar-refractivity contribution is 0.0416. The van der Waals surface area contributed by atoms with Gasteiger partial charge in [0.1, 0.15) is 11.5 Å². The third-order valence-corrected chi connectivity index (χ3v) is 3.64. The molecule has 0 unspecified atom stereocenters. The van der Waals surface area contributed by atoms with Crippen molar-refractivity contribution in [2.24, 2.45) is 0 Å². The molecule has 0 bridgehead atoms. The SMILES string of the molecule is COc1cccc(C(F)(F)c2cc(OC)ccc2Br)c1. The van der Waals surface area contributed by atoms with E-state index in [0.29, 0.717) is 16.0 Å². The average molecular weight is 343 g/mol. The van der Waals surface area contributed by atoms with Crippen molar-refractivity contribution >= 4 is 15.9 Å². The average Bonchev–Trinajstić information content (AvgIpc) is 2.47. The molecule has 0 spiro atoms. The lowest BCUT2D eigenvalue weighted by atomic mass is 10.00. The Bertz CT molecular complexity index is 615. The number of ether oxygens (including phenoxy) is 2. The van der Waals surface area contributed by atoms with Crippen LogP contribution in [0.3, 0.4) is 0 Å². The van der Waals surface area contributed by atoms with Crippen molar-refractivity contribution in [2.45, 2.75) is 5.92 Å². The number of rotatable bonds is 4. The second-order valence-electron chi connectivity index (χ2n) is 4.15. The molecular formula is C15H13BrF2O2. The highest BCUT2D eigenvalue weighted by atomic mass is 79.9. The summed E-state index contributed by atoms with van der Waals surface area (Å²) < 4.78 is 39.6. The van der Waals surface area contributed by atoms with Crippen molar-refractivity contribution in [3.8, 4) is 11.5 Å². The van der Waals surface area contributed by atoms with Gasteiger partial charge in [-0.05, 0) is 30.3 Å². The van der Waals surface area contributed by atoms with Crippen LogP contribution in [0.5, 0.6) is 11.5 Å². The Morgan fingerprint density at radius 2 is 1.60 bits per heavy atom. The van der Waals surface area contributed by atoms with Gasteiger partial charge in [-0.2, -0.15) is 8.78 Å². The minimum Gasteiger partial charge on any atom is -0.497 e. The fourth-order valence-electron chi connectivity index (χ4n) is 1.85. The Morgan fingerprint density at radius 3 is 2.25 bits per heavy atom. The van der Waals surface area contributed by atoms with Gasteiger partial charge in [0.05, 0.1) is 14.2 Å². The van der Waals surface area contributed by atoms with Crippen LogP contribution in [0, 0.1) is 0 Å². The molecule has 5 heteroatoms. The van der Waals surface area contributed by atoms with Crippen LogP contribution in [0.25, 0.3) is 0 Å². The maximum atomic E-state index is 14.6. The van der Waals surface area contributed by atoms with Gasteiger partial charge >= 0.3 is 0 Å². The largest absolute Gasteiger partial charge is 0.497 e. The van der Waals surface area contributed by atoms with Crippen LogP contribution in [0.4, 0.5) is 8.78 Å². The molecule has 0 aliphatic rings. The number of alkyl halides is 2. The molecule has 20 heavy (non-hydrogen) atoms. The molecule has 106 valence electrons. The first-order valence-corrected chi connectivity index (χ1v) is 6.64. The van der Waals surface area contributed by atoms with Gasteiger partial charge < -0.3 is 9.47 Å². The highest BCUT2D eigenvalue weighted by Gasteiger charge is 2.36. The zero-order valence-corrected chi connectivity index (χ0v) is 12.6. The quantitative estimate of drug-likeness (QED) is 0.807. The van der Waals surface area contributed by atoms with Gasteiger partial charge in [0.2, 0.25) is 0 Å². The molecule has 2 aromatic carbocycles. The second kappa shape index (κ2) is 5.79. The van der Waals surface area contributed by atoms with Gasteiger partial charge in [-0.1, -0.05) is 28.1 Å². The number of benzene rings is 2. The Balaban J connectivity index is 2.53. The van der Waals surface area contributed by atoms with Gasteiger partial charge in [0.15, 0.2) is 0 Å². The highest BCUT2D eigenvalue weighted by molar-refractivity contribution is 9.10. The molecule has 0 aliphatic carbocycles. The van der Waals surface area contributed by atoms with Gasteiger partial charge in [0, 0.05) is 15.6 Å². The molecular weight excluding hydrogens is 330 g/mol. The summed E-state index contributed by atoms with van der Waals surface area (Å²) in [5, 5.41) is 0. The monoisotopic (exact) mass is 342 g/mol. The van der Waals surface area contributed by atoms with E-state index in [4.69, 9.17) is 9.47 Å². The molecule has 0 saturated carbocycles. The Morgan fingerprint density at radius 1 is 0.950 bits per heavy atom. The first kappa shape index (κ1) is 14.8. The van der Waals surface area contributed by atoms with Crippen molar-refractivity contribution in [3.05, 3.63) is 58.1 Å². The van der Waals surface area contributed by atoms with Gasteiger partial charge in [-0.15, -0.1) is 0 Å². The Kier molecular flexibility index (Phi) is 4.28. The smallest absolute Gasteiger partial charge is 0.299 e. The maximum absolute atomic E-state index is 14.6. The van der Waals surface area contributed by atoms with Crippen LogP contribution in [-0.2, 0) is 5.92 Å². The van der Waals surface area contributed by atoms with Crippen molar-refractivity contribution in [2.75, 3.05) is 14.2 Å². The molecule has 0 aliphatic heterocycles. The first-order valence-electron chi connectivity index (χ1n) is 5.85. The van der Waals surface area contributed by atoms with Crippen LogP contribution in [0.1, 0.15) is 11.1 Å². The van der Waals surface area contributed by atoms with E-state index in [9.17, 15) is 8.78 Å². The van der Waals surface area contributed by atoms with Crippen LogP contribution in [-0.4, -0.2) is 14.2 Å². The van der Waals surface area contributed by atoms with E-state index in [-0.39, 0.29) is 11.1 Å². The molecule has 0 aromatic heterocycles. The van der Waals surface area contributed by atoms with Gasteiger partial charge in [-0.25, -0.2) is 0 Å². The maximum Gasteiger partial charge on any atom is 0.299 e. The van der Waals surface area contributed by atoms with Crippen LogP contribution in [0.15, 0.2) is 46.9 Å². The van der Waals surface area contributed by atoms with Crippen molar-refractivity contribution in [3.63, 3.8) is 0 Å². The minimum absolute atomic E-state index is 0.134. The summed E-state index contributed by atoms with van der Waals surface area (Å²) in [5.41, 5.74) is -0.282. The summed E-state index contributed by atoms with van der Waals surface area (Å²) in [7, 11) is 2.88. The highest BCUT2D eigenvalue weighted by Crippen LogP contribution is 2.41. The predicted molar refractivity (Wildman–Crippen MR) is 76.7 cm³/mol. The summed E-state index contributed by atoms with van der Waals surface area (Å²) in [6.45, 7) is 0. The summed E-state index contributed by atoms with van der Waals surface area (Å²) in [6.07, 6.45) is 0. The third-order valence-electron chi connectivity index (χ3n) is 2.94. The first-order chi connectivity index (χ1) is 9.48. The molecule has 0 atom stereocenters.